The van der Waals surface area contributed by atoms with Gasteiger partial charge in [0.25, 0.3) is 0 Å². The van der Waals surface area contributed by atoms with Gasteiger partial charge in [0.1, 0.15) is 0 Å². The molecule has 0 saturated carbocycles. The van der Waals surface area contributed by atoms with Crippen molar-refractivity contribution in [3.8, 4) is 0 Å². The molecule has 1 aromatic rings. The van der Waals surface area contributed by atoms with Gasteiger partial charge in [0.05, 0.1) is 0 Å². The Labute approximate surface area is 99.3 Å². The zero-order chi connectivity index (χ0) is 11.5. The van der Waals surface area contributed by atoms with Crippen molar-refractivity contribution in [2.45, 2.75) is 52.1 Å². The molecule has 0 aliphatic carbocycles. The molecule has 0 radical (unpaired) electrons. The Kier molecular flexibility index (Phi) is 3.65. The van der Waals surface area contributed by atoms with Crippen molar-refractivity contribution in [1.29, 1.82) is 0 Å². The van der Waals surface area contributed by atoms with Gasteiger partial charge in [-0.3, -0.25) is 0 Å². The van der Waals surface area contributed by atoms with Crippen LogP contribution in [-0.2, 0) is 6.54 Å². The van der Waals surface area contributed by atoms with E-state index in [1.165, 1.54) is 18.4 Å². The lowest BCUT2D eigenvalue weighted by atomic mass is 9.79. The van der Waals surface area contributed by atoms with Crippen LogP contribution in [0.1, 0.15) is 50.7 Å². The first-order valence-corrected chi connectivity index (χ1v) is 6.53. The van der Waals surface area contributed by atoms with Crippen LogP contribution in [0, 0.1) is 5.92 Å². The monoisotopic (exact) mass is 217 g/mol. The molecule has 0 spiro atoms. The minimum atomic E-state index is 0.664. The normalized spacial score (nSPS) is 24.5. The van der Waals surface area contributed by atoms with Gasteiger partial charge in [0.2, 0.25) is 0 Å². The van der Waals surface area contributed by atoms with Crippen molar-refractivity contribution >= 4 is 0 Å². The summed E-state index contributed by atoms with van der Waals surface area (Å²) in [5.41, 5.74) is 3.08. The van der Waals surface area contributed by atoms with E-state index in [1.807, 2.05) is 0 Å². The molecule has 88 valence electrons. The lowest BCUT2D eigenvalue weighted by Gasteiger charge is -2.35. The first-order valence-electron chi connectivity index (χ1n) is 6.53. The molecule has 0 aromatic heterocycles. The molecule has 1 aliphatic rings. The minimum Gasteiger partial charge on any atom is -0.309 e. The van der Waals surface area contributed by atoms with Gasteiger partial charge in [-0.25, -0.2) is 0 Å². The number of fused-ring (bicyclic) bond motifs is 1. The van der Waals surface area contributed by atoms with Crippen LogP contribution in [0.5, 0.6) is 0 Å². The summed E-state index contributed by atoms with van der Waals surface area (Å²) in [7, 11) is 0. The third-order valence-electron chi connectivity index (χ3n) is 3.66. The highest BCUT2D eigenvalue weighted by atomic mass is 14.9. The fraction of sp³-hybridized carbons (Fsp3) is 0.600. The zero-order valence-corrected chi connectivity index (χ0v) is 10.7. The zero-order valence-electron chi connectivity index (χ0n) is 10.7. The molecule has 1 heterocycles. The molecular weight excluding hydrogens is 194 g/mol. The highest BCUT2D eigenvalue weighted by molar-refractivity contribution is 5.33. The van der Waals surface area contributed by atoms with E-state index in [0.717, 1.165) is 12.5 Å². The van der Waals surface area contributed by atoms with Crippen LogP contribution in [0.25, 0.3) is 0 Å². The van der Waals surface area contributed by atoms with E-state index in [1.54, 1.807) is 5.56 Å². The predicted molar refractivity (Wildman–Crippen MR) is 69.6 cm³/mol. The molecule has 0 saturated heterocycles. The fourth-order valence-electron chi connectivity index (χ4n) is 2.88. The van der Waals surface area contributed by atoms with Gasteiger partial charge in [-0.05, 0) is 35.8 Å². The Morgan fingerprint density at radius 3 is 2.75 bits per heavy atom. The second-order valence-electron chi connectivity index (χ2n) is 5.33. The van der Waals surface area contributed by atoms with Gasteiger partial charge in [0, 0.05) is 12.6 Å². The van der Waals surface area contributed by atoms with Crippen molar-refractivity contribution in [2.24, 2.45) is 5.92 Å². The Balaban J connectivity index is 2.29. The SMILES string of the molecule is CCC1NCc2ccccc2C1CC(C)C. The average molecular weight is 217 g/mol. The van der Waals surface area contributed by atoms with Crippen LogP contribution >= 0.6 is 0 Å². The lowest BCUT2D eigenvalue weighted by molar-refractivity contribution is 0.345. The maximum atomic E-state index is 3.68. The van der Waals surface area contributed by atoms with E-state index in [4.69, 9.17) is 0 Å². The van der Waals surface area contributed by atoms with Crippen molar-refractivity contribution in [2.75, 3.05) is 0 Å². The predicted octanol–water partition coefficient (Wildman–Crippen LogP) is 3.70. The molecule has 1 nitrogen and oxygen atoms in total. The number of rotatable bonds is 3. The van der Waals surface area contributed by atoms with E-state index in [-0.39, 0.29) is 0 Å². The van der Waals surface area contributed by atoms with E-state index in [9.17, 15) is 0 Å². The molecule has 1 N–H and O–H groups in total. The highest BCUT2D eigenvalue weighted by Crippen LogP contribution is 2.34. The van der Waals surface area contributed by atoms with Crippen LogP contribution in [0.2, 0.25) is 0 Å². The van der Waals surface area contributed by atoms with Crippen LogP contribution < -0.4 is 5.32 Å². The topological polar surface area (TPSA) is 12.0 Å². The molecule has 0 amide bonds. The van der Waals surface area contributed by atoms with E-state index >= 15 is 0 Å². The first kappa shape index (κ1) is 11.7. The Morgan fingerprint density at radius 1 is 1.31 bits per heavy atom. The quantitative estimate of drug-likeness (QED) is 0.814. The van der Waals surface area contributed by atoms with E-state index in [0.29, 0.717) is 12.0 Å². The molecule has 2 unspecified atom stereocenters. The van der Waals surface area contributed by atoms with Gasteiger partial charge < -0.3 is 5.32 Å². The molecule has 1 aromatic carbocycles. The smallest absolute Gasteiger partial charge is 0.0211 e. The largest absolute Gasteiger partial charge is 0.309 e. The lowest BCUT2D eigenvalue weighted by Crippen LogP contribution is -2.39. The summed E-state index contributed by atoms with van der Waals surface area (Å²) in [5, 5.41) is 3.68. The summed E-state index contributed by atoms with van der Waals surface area (Å²) >= 11 is 0. The summed E-state index contributed by atoms with van der Waals surface area (Å²) in [5.74, 6) is 1.47. The van der Waals surface area contributed by atoms with Gasteiger partial charge in [0.15, 0.2) is 0 Å². The van der Waals surface area contributed by atoms with E-state index < -0.39 is 0 Å². The summed E-state index contributed by atoms with van der Waals surface area (Å²) in [6.07, 6.45) is 2.52. The number of benzene rings is 1. The average Bonchev–Trinajstić information content (AvgIpc) is 2.29. The molecular formula is C15H23N. The van der Waals surface area contributed by atoms with Gasteiger partial charge >= 0.3 is 0 Å². The minimum absolute atomic E-state index is 0.664. The summed E-state index contributed by atoms with van der Waals surface area (Å²) in [4.78, 5) is 0. The molecule has 2 rings (SSSR count). The molecule has 1 aliphatic heterocycles. The Morgan fingerprint density at radius 2 is 2.06 bits per heavy atom. The fourth-order valence-corrected chi connectivity index (χ4v) is 2.88. The highest BCUT2D eigenvalue weighted by Gasteiger charge is 2.27. The molecule has 16 heavy (non-hydrogen) atoms. The van der Waals surface area contributed by atoms with Crippen LogP contribution in [0.3, 0.4) is 0 Å². The summed E-state index contributed by atoms with van der Waals surface area (Å²) in [6.45, 7) is 7.98. The molecule has 0 fully saturated rings. The van der Waals surface area contributed by atoms with Crippen LogP contribution in [0.4, 0.5) is 0 Å². The van der Waals surface area contributed by atoms with Crippen molar-refractivity contribution in [3.05, 3.63) is 35.4 Å². The van der Waals surface area contributed by atoms with Gasteiger partial charge in [-0.1, -0.05) is 45.0 Å². The summed E-state index contributed by atoms with van der Waals surface area (Å²) < 4.78 is 0. The van der Waals surface area contributed by atoms with E-state index in [2.05, 4.69) is 50.4 Å². The van der Waals surface area contributed by atoms with Crippen molar-refractivity contribution in [3.63, 3.8) is 0 Å². The molecule has 2 atom stereocenters. The molecule has 1 heteroatoms. The molecule has 0 bridgehead atoms. The van der Waals surface area contributed by atoms with Gasteiger partial charge in [-0.2, -0.15) is 0 Å². The first-order chi connectivity index (χ1) is 7.72. The standard InChI is InChI=1S/C15H23N/c1-4-15-14(9-11(2)3)13-8-6-5-7-12(13)10-16-15/h5-8,11,14-16H,4,9-10H2,1-3H3. The maximum Gasteiger partial charge on any atom is 0.0211 e. The number of hydrogen-bond donors (Lipinski definition) is 1. The maximum absolute atomic E-state index is 3.68. The van der Waals surface area contributed by atoms with Crippen LogP contribution in [0.15, 0.2) is 24.3 Å². The van der Waals surface area contributed by atoms with Crippen LogP contribution in [-0.4, -0.2) is 6.04 Å². The van der Waals surface area contributed by atoms with Crippen molar-refractivity contribution < 1.29 is 0 Å². The number of hydrogen-bond acceptors (Lipinski definition) is 1. The number of nitrogens with one attached hydrogen (secondary N) is 1. The van der Waals surface area contributed by atoms with Crippen molar-refractivity contribution in [1.82, 2.24) is 5.32 Å². The Bertz CT molecular complexity index is 343. The third kappa shape index (κ3) is 2.30. The third-order valence-corrected chi connectivity index (χ3v) is 3.66. The second-order valence-corrected chi connectivity index (χ2v) is 5.33. The second kappa shape index (κ2) is 5.01. The van der Waals surface area contributed by atoms with Gasteiger partial charge in [-0.15, -0.1) is 0 Å². The summed E-state index contributed by atoms with van der Waals surface area (Å²) in [6, 6.07) is 9.59. The Hall–Kier alpha value is -0.820.